The lowest BCUT2D eigenvalue weighted by molar-refractivity contribution is 0.347. The van der Waals surface area contributed by atoms with Crippen LogP contribution < -0.4 is 5.32 Å². The zero-order valence-electron chi connectivity index (χ0n) is 9.99. The largest absolute Gasteiger partial charge is 0.305 e. The second kappa shape index (κ2) is 4.57. The van der Waals surface area contributed by atoms with E-state index in [-0.39, 0.29) is 5.54 Å². The number of nitrogens with zero attached hydrogens (tertiary/aromatic N) is 3. The minimum Gasteiger partial charge on any atom is -0.305 e. The molecule has 1 heterocycles. The van der Waals surface area contributed by atoms with Gasteiger partial charge in [-0.05, 0) is 27.7 Å². The van der Waals surface area contributed by atoms with Crippen molar-refractivity contribution in [3.63, 3.8) is 0 Å². The van der Waals surface area contributed by atoms with Crippen molar-refractivity contribution in [2.45, 2.75) is 45.8 Å². The Labute approximate surface area is 91.4 Å². The third-order valence-electron chi connectivity index (χ3n) is 2.19. The SMILES string of the molecule is C=CC(C)NCc1cn(C(C)(C)C)nn1. The van der Waals surface area contributed by atoms with E-state index in [1.54, 1.807) is 0 Å². The van der Waals surface area contributed by atoms with E-state index in [0.29, 0.717) is 6.04 Å². The molecular weight excluding hydrogens is 188 g/mol. The van der Waals surface area contributed by atoms with E-state index < -0.39 is 0 Å². The van der Waals surface area contributed by atoms with Crippen LogP contribution >= 0.6 is 0 Å². The molecule has 4 heteroatoms. The first-order valence-corrected chi connectivity index (χ1v) is 5.21. The van der Waals surface area contributed by atoms with Crippen LogP contribution in [-0.2, 0) is 12.1 Å². The number of hydrogen-bond donors (Lipinski definition) is 1. The van der Waals surface area contributed by atoms with Crippen molar-refractivity contribution in [1.82, 2.24) is 20.3 Å². The van der Waals surface area contributed by atoms with Crippen LogP contribution in [0, 0.1) is 0 Å². The molecule has 4 nitrogen and oxygen atoms in total. The molecule has 1 aromatic rings. The summed E-state index contributed by atoms with van der Waals surface area (Å²) in [5.41, 5.74) is 0.952. The summed E-state index contributed by atoms with van der Waals surface area (Å²) in [6, 6.07) is 0.296. The fourth-order valence-electron chi connectivity index (χ4n) is 1.06. The normalized spacial score (nSPS) is 13.9. The van der Waals surface area contributed by atoms with Crippen molar-refractivity contribution >= 4 is 0 Å². The lowest BCUT2D eigenvalue weighted by Crippen LogP contribution is -2.23. The van der Waals surface area contributed by atoms with E-state index in [4.69, 9.17) is 0 Å². The molecular formula is C11H20N4. The molecule has 0 spiro atoms. The zero-order chi connectivity index (χ0) is 11.5. The van der Waals surface area contributed by atoms with Crippen molar-refractivity contribution in [1.29, 1.82) is 0 Å². The number of aromatic nitrogens is 3. The molecule has 1 atom stereocenters. The van der Waals surface area contributed by atoms with E-state index >= 15 is 0 Å². The molecule has 0 bridgehead atoms. The van der Waals surface area contributed by atoms with Crippen LogP contribution in [0.5, 0.6) is 0 Å². The standard InChI is InChI=1S/C11H20N4/c1-6-9(2)12-7-10-8-15(14-13-10)11(3,4)5/h6,8-9,12H,1,7H2,2-5H3. The molecule has 0 amide bonds. The van der Waals surface area contributed by atoms with E-state index in [2.05, 4.69) is 49.9 Å². The molecule has 0 radical (unpaired) electrons. The van der Waals surface area contributed by atoms with Gasteiger partial charge in [0.2, 0.25) is 0 Å². The summed E-state index contributed by atoms with van der Waals surface area (Å²) in [4.78, 5) is 0. The molecule has 0 saturated carbocycles. The van der Waals surface area contributed by atoms with Crippen LogP contribution in [0.2, 0.25) is 0 Å². The highest BCUT2D eigenvalue weighted by Gasteiger charge is 2.14. The molecule has 0 aliphatic carbocycles. The third kappa shape index (κ3) is 3.47. The Bertz CT molecular complexity index is 322. The lowest BCUT2D eigenvalue weighted by atomic mass is 10.1. The quantitative estimate of drug-likeness (QED) is 0.766. The van der Waals surface area contributed by atoms with E-state index in [1.807, 2.05) is 17.0 Å². The van der Waals surface area contributed by atoms with Gasteiger partial charge in [-0.3, -0.25) is 0 Å². The van der Waals surface area contributed by atoms with Gasteiger partial charge in [0.1, 0.15) is 0 Å². The van der Waals surface area contributed by atoms with Crippen LogP contribution in [0.25, 0.3) is 0 Å². The average molecular weight is 208 g/mol. The van der Waals surface area contributed by atoms with Gasteiger partial charge in [0.25, 0.3) is 0 Å². The van der Waals surface area contributed by atoms with Crippen LogP contribution in [0.4, 0.5) is 0 Å². The molecule has 1 aromatic heterocycles. The first-order valence-electron chi connectivity index (χ1n) is 5.21. The maximum Gasteiger partial charge on any atom is 0.0965 e. The summed E-state index contributed by atoms with van der Waals surface area (Å²) in [5.74, 6) is 0. The van der Waals surface area contributed by atoms with Gasteiger partial charge in [-0.1, -0.05) is 11.3 Å². The van der Waals surface area contributed by atoms with Gasteiger partial charge in [0, 0.05) is 12.6 Å². The average Bonchev–Trinajstić information content (AvgIpc) is 2.61. The van der Waals surface area contributed by atoms with Gasteiger partial charge in [0.15, 0.2) is 0 Å². The third-order valence-corrected chi connectivity index (χ3v) is 2.19. The monoisotopic (exact) mass is 208 g/mol. The highest BCUT2D eigenvalue weighted by molar-refractivity contribution is 4.95. The first kappa shape index (κ1) is 11.9. The minimum atomic E-state index is -0.00466. The van der Waals surface area contributed by atoms with Crippen molar-refractivity contribution in [3.8, 4) is 0 Å². The Morgan fingerprint density at radius 1 is 1.60 bits per heavy atom. The number of hydrogen-bond acceptors (Lipinski definition) is 3. The molecule has 0 aromatic carbocycles. The van der Waals surface area contributed by atoms with Crippen LogP contribution in [0.3, 0.4) is 0 Å². The second-order valence-electron chi connectivity index (χ2n) is 4.73. The number of nitrogens with one attached hydrogen (secondary N) is 1. The first-order chi connectivity index (χ1) is 6.93. The summed E-state index contributed by atoms with van der Waals surface area (Å²) < 4.78 is 1.88. The molecule has 0 aliphatic heterocycles. The van der Waals surface area contributed by atoms with Gasteiger partial charge in [-0.2, -0.15) is 0 Å². The summed E-state index contributed by atoms with van der Waals surface area (Å²) in [6.07, 6.45) is 3.84. The highest BCUT2D eigenvalue weighted by Crippen LogP contribution is 2.11. The van der Waals surface area contributed by atoms with Crippen LogP contribution in [0.15, 0.2) is 18.9 Å². The predicted octanol–water partition coefficient (Wildman–Crippen LogP) is 1.70. The lowest BCUT2D eigenvalue weighted by Gasteiger charge is -2.17. The molecule has 0 saturated heterocycles. The minimum absolute atomic E-state index is 0.00466. The van der Waals surface area contributed by atoms with E-state index in [0.717, 1.165) is 12.2 Å². The Balaban J connectivity index is 2.57. The molecule has 15 heavy (non-hydrogen) atoms. The van der Waals surface area contributed by atoms with Gasteiger partial charge in [0.05, 0.1) is 17.4 Å². The second-order valence-corrected chi connectivity index (χ2v) is 4.73. The van der Waals surface area contributed by atoms with Crippen molar-refractivity contribution in [2.24, 2.45) is 0 Å². The van der Waals surface area contributed by atoms with Gasteiger partial charge < -0.3 is 5.32 Å². The molecule has 1 unspecified atom stereocenters. The van der Waals surface area contributed by atoms with E-state index in [1.165, 1.54) is 0 Å². The summed E-state index contributed by atoms with van der Waals surface area (Å²) in [5, 5.41) is 11.5. The summed E-state index contributed by atoms with van der Waals surface area (Å²) >= 11 is 0. The fourth-order valence-corrected chi connectivity index (χ4v) is 1.06. The Kier molecular flexibility index (Phi) is 3.63. The van der Waals surface area contributed by atoms with E-state index in [9.17, 15) is 0 Å². The summed E-state index contributed by atoms with van der Waals surface area (Å²) in [6.45, 7) is 12.8. The fraction of sp³-hybridized carbons (Fsp3) is 0.636. The highest BCUT2D eigenvalue weighted by atomic mass is 15.4. The Morgan fingerprint density at radius 2 is 2.27 bits per heavy atom. The van der Waals surface area contributed by atoms with Crippen molar-refractivity contribution in [3.05, 3.63) is 24.5 Å². The summed E-state index contributed by atoms with van der Waals surface area (Å²) in [7, 11) is 0. The van der Waals surface area contributed by atoms with Crippen molar-refractivity contribution in [2.75, 3.05) is 0 Å². The molecule has 0 aliphatic rings. The van der Waals surface area contributed by atoms with Crippen LogP contribution in [-0.4, -0.2) is 21.0 Å². The Morgan fingerprint density at radius 3 is 2.73 bits per heavy atom. The van der Waals surface area contributed by atoms with Gasteiger partial charge >= 0.3 is 0 Å². The molecule has 1 rings (SSSR count). The smallest absolute Gasteiger partial charge is 0.0965 e. The maximum absolute atomic E-state index is 4.11. The van der Waals surface area contributed by atoms with Gasteiger partial charge in [-0.15, -0.1) is 11.7 Å². The maximum atomic E-state index is 4.11. The Hall–Kier alpha value is -1.16. The molecule has 84 valence electrons. The molecule has 1 N–H and O–H groups in total. The van der Waals surface area contributed by atoms with Crippen molar-refractivity contribution < 1.29 is 0 Å². The zero-order valence-corrected chi connectivity index (χ0v) is 9.99. The predicted molar refractivity (Wildman–Crippen MR) is 61.5 cm³/mol. The van der Waals surface area contributed by atoms with Crippen LogP contribution in [0.1, 0.15) is 33.4 Å². The topological polar surface area (TPSA) is 42.7 Å². The molecule has 0 fully saturated rings. The van der Waals surface area contributed by atoms with Gasteiger partial charge in [-0.25, -0.2) is 4.68 Å². The number of rotatable bonds is 4.